The van der Waals surface area contributed by atoms with E-state index in [1.165, 1.54) is 0 Å². The fraction of sp³-hybridized carbons (Fsp3) is 0.333. The number of aryl methyl sites for hydroxylation is 1. The number of morpholine rings is 1. The molecule has 1 saturated heterocycles. The minimum absolute atomic E-state index is 0.0614. The summed E-state index contributed by atoms with van der Waals surface area (Å²) in [6.45, 7) is 3.10. The van der Waals surface area contributed by atoms with Crippen LogP contribution >= 0.6 is 0 Å². The van der Waals surface area contributed by atoms with E-state index in [-0.39, 0.29) is 5.91 Å². The van der Waals surface area contributed by atoms with Crippen LogP contribution in [0.5, 0.6) is 0 Å². The molecule has 8 heteroatoms. The normalized spacial score (nSPS) is 14.0. The molecule has 3 heterocycles. The molecule has 0 atom stereocenters. The summed E-state index contributed by atoms with van der Waals surface area (Å²) in [5, 5.41) is 6.87. The van der Waals surface area contributed by atoms with Gasteiger partial charge >= 0.3 is 0 Å². The molecule has 3 aromatic rings. The molecular weight excluding hydrogens is 370 g/mol. The van der Waals surface area contributed by atoms with Crippen molar-refractivity contribution < 1.29 is 14.1 Å². The topological polar surface area (TPSA) is 93.4 Å². The van der Waals surface area contributed by atoms with Crippen molar-refractivity contribution in [3.8, 4) is 11.4 Å². The van der Waals surface area contributed by atoms with Crippen molar-refractivity contribution in [2.45, 2.75) is 19.3 Å². The van der Waals surface area contributed by atoms with Crippen LogP contribution in [-0.2, 0) is 16.0 Å². The molecule has 0 aliphatic carbocycles. The van der Waals surface area contributed by atoms with Crippen LogP contribution in [0.2, 0.25) is 0 Å². The summed E-state index contributed by atoms with van der Waals surface area (Å²) in [7, 11) is 0. The van der Waals surface area contributed by atoms with E-state index in [4.69, 9.17) is 9.26 Å². The average molecular weight is 393 g/mol. The molecule has 1 aromatic carbocycles. The number of benzene rings is 1. The maximum absolute atomic E-state index is 12.2. The monoisotopic (exact) mass is 393 g/mol. The Morgan fingerprint density at radius 3 is 2.69 bits per heavy atom. The van der Waals surface area contributed by atoms with Crippen LogP contribution in [0.25, 0.3) is 11.4 Å². The molecule has 150 valence electrons. The number of ether oxygens (including phenoxy) is 1. The number of hydrogen-bond acceptors (Lipinski definition) is 7. The maximum atomic E-state index is 12.2. The van der Waals surface area contributed by atoms with Gasteiger partial charge in [0, 0.05) is 31.5 Å². The van der Waals surface area contributed by atoms with Gasteiger partial charge in [-0.3, -0.25) is 4.79 Å². The Morgan fingerprint density at radius 1 is 1.10 bits per heavy atom. The fourth-order valence-corrected chi connectivity index (χ4v) is 3.12. The zero-order chi connectivity index (χ0) is 19.9. The Hall–Kier alpha value is -3.26. The number of amides is 1. The minimum atomic E-state index is -0.0614. The highest BCUT2D eigenvalue weighted by Gasteiger charge is 2.13. The molecule has 2 aromatic heterocycles. The van der Waals surface area contributed by atoms with Crippen LogP contribution in [0.1, 0.15) is 18.7 Å². The molecule has 0 unspecified atom stereocenters. The first-order chi connectivity index (χ1) is 14.3. The largest absolute Gasteiger partial charge is 0.378 e. The lowest BCUT2D eigenvalue weighted by atomic mass is 10.2. The van der Waals surface area contributed by atoms with Gasteiger partial charge in [0.15, 0.2) is 0 Å². The van der Waals surface area contributed by atoms with Crippen LogP contribution in [0.15, 0.2) is 53.2 Å². The van der Waals surface area contributed by atoms with Gasteiger partial charge in [-0.1, -0.05) is 35.5 Å². The fourth-order valence-electron chi connectivity index (χ4n) is 3.12. The van der Waals surface area contributed by atoms with Gasteiger partial charge in [0.2, 0.25) is 17.6 Å². The number of nitrogens with one attached hydrogen (secondary N) is 1. The third-order valence-corrected chi connectivity index (χ3v) is 4.66. The quantitative estimate of drug-likeness (QED) is 0.660. The number of carbonyl (C=O) groups excluding carboxylic acids is 1. The first-order valence-corrected chi connectivity index (χ1v) is 9.74. The molecule has 1 aliphatic rings. The Morgan fingerprint density at radius 2 is 1.93 bits per heavy atom. The minimum Gasteiger partial charge on any atom is -0.378 e. The predicted molar refractivity (Wildman–Crippen MR) is 109 cm³/mol. The van der Waals surface area contributed by atoms with Gasteiger partial charge in [0.1, 0.15) is 5.82 Å². The van der Waals surface area contributed by atoms with E-state index in [1.807, 2.05) is 42.5 Å². The van der Waals surface area contributed by atoms with Crippen molar-refractivity contribution in [1.82, 2.24) is 15.1 Å². The third kappa shape index (κ3) is 5.17. The summed E-state index contributed by atoms with van der Waals surface area (Å²) in [4.78, 5) is 23.2. The van der Waals surface area contributed by atoms with Crippen molar-refractivity contribution in [3.63, 3.8) is 0 Å². The van der Waals surface area contributed by atoms with E-state index in [2.05, 4.69) is 25.3 Å². The Balaban J connectivity index is 1.22. The molecule has 0 radical (unpaired) electrons. The average Bonchev–Trinajstić information content (AvgIpc) is 3.24. The number of aromatic nitrogens is 3. The van der Waals surface area contributed by atoms with Gasteiger partial charge in [0.25, 0.3) is 0 Å². The van der Waals surface area contributed by atoms with E-state index in [1.54, 1.807) is 6.20 Å². The highest BCUT2D eigenvalue weighted by molar-refractivity contribution is 5.90. The molecular formula is C21H23N5O3. The first-order valence-electron chi connectivity index (χ1n) is 9.74. The molecule has 4 rings (SSSR count). The highest BCUT2D eigenvalue weighted by atomic mass is 16.5. The van der Waals surface area contributed by atoms with Gasteiger partial charge in [-0.05, 0) is 18.6 Å². The van der Waals surface area contributed by atoms with E-state index < -0.39 is 0 Å². The van der Waals surface area contributed by atoms with Gasteiger partial charge in [-0.25, -0.2) is 4.98 Å². The first kappa shape index (κ1) is 19.1. The van der Waals surface area contributed by atoms with Crippen LogP contribution in [0, 0.1) is 0 Å². The van der Waals surface area contributed by atoms with E-state index in [0.29, 0.717) is 49.9 Å². The van der Waals surface area contributed by atoms with E-state index >= 15 is 0 Å². The molecule has 8 nitrogen and oxygen atoms in total. The number of nitrogens with zero attached hydrogens (tertiary/aromatic N) is 4. The van der Waals surface area contributed by atoms with Crippen molar-refractivity contribution in [2.24, 2.45) is 0 Å². The smallest absolute Gasteiger partial charge is 0.226 e. The molecule has 1 amide bonds. The lowest BCUT2D eigenvalue weighted by Gasteiger charge is -2.27. The predicted octanol–water partition coefficient (Wildman–Crippen LogP) is 2.93. The zero-order valence-electron chi connectivity index (χ0n) is 16.1. The molecule has 1 N–H and O–H groups in total. The Labute approximate surface area is 168 Å². The Bertz CT molecular complexity index is 921. The second kappa shape index (κ2) is 9.29. The van der Waals surface area contributed by atoms with Gasteiger partial charge in [-0.15, -0.1) is 0 Å². The van der Waals surface area contributed by atoms with Crippen LogP contribution in [0.4, 0.5) is 11.5 Å². The summed E-state index contributed by atoms with van der Waals surface area (Å²) in [5.41, 5.74) is 1.60. The summed E-state index contributed by atoms with van der Waals surface area (Å²) < 4.78 is 10.6. The Kier molecular flexibility index (Phi) is 6.11. The second-order valence-electron chi connectivity index (χ2n) is 6.78. The van der Waals surface area contributed by atoms with Gasteiger partial charge < -0.3 is 19.5 Å². The van der Waals surface area contributed by atoms with Gasteiger partial charge in [-0.2, -0.15) is 4.98 Å². The molecule has 1 aliphatic heterocycles. The van der Waals surface area contributed by atoms with Gasteiger partial charge in [0.05, 0.1) is 25.1 Å². The van der Waals surface area contributed by atoms with Crippen LogP contribution in [-0.4, -0.2) is 47.3 Å². The highest BCUT2D eigenvalue weighted by Crippen LogP contribution is 2.17. The second-order valence-corrected chi connectivity index (χ2v) is 6.78. The maximum Gasteiger partial charge on any atom is 0.226 e. The molecule has 0 saturated carbocycles. The van der Waals surface area contributed by atoms with E-state index in [9.17, 15) is 4.79 Å². The third-order valence-electron chi connectivity index (χ3n) is 4.66. The lowest BCUT2D eigenvalue weighted by Crippen LogP contribution is -2.36. The molecule has 29 heavy (non-hydrogen) atoms. The van der Waals surface area contributed by atoms with Crippen molar-refractivity contribution in [1.29, 1.82) is 0 Å². The zero-order valence-corrected chi connectivity index (χ0v) is 16.1. The number of pyridine rings is 1. The lowest BCUT2D eigenvalue weighted by molar-refractivity contribution is -0.116. The van der Waals surface area contributed by atoms with Crippen molar-refractivity contribution in [2.75, 3.05) is 36.5 Å². The molecule has 1 fully saturated rings. The summed E-state index contributed by atoms with van der Waals surface area (Å²) in [5.74, 6) is 1.94. The molecule has 0 bridgehead atoms. The van der Waals surface area contributed by atoms with Crippen LogP contribution in [0.3, 0.4) is 0 Å². The number of rotatable bonds is 7. The SMILES string of the molecule is O=C(CCCc1nc(-c2ccccc2)no1)Nc1ccc(N2CCOCC2)nc1. The van der Waals surface area contributed by atoms with Crippen molar-refractivity contribution in [3.05, 3.63) is 54.6 Å². The summed E-state index contributed by atoms with van der Waals surface area (Å²) in [6.07, 6.45) is 3.24. The number of hydrogen-bond donors (Lipinski definition) is 1. The standard InChI is InChI=1S/C21H23N5O3/c27-19(23-17-9-10-18(22-15-17)26-11-13-28-14-12-26)7-4-8-20-24-21(25-29-20)16-5-2-1-3-6-16/h1-3,5-6,9-10,15H,4,7-8,11-14H2,(H,23,27). The van der Waals surface area contributed by atoms with Crippen LogP contribution < -0.4 is 10.2 Å². The number of anilines is 2. The summed E-state index contributed by atoms with van der Waals surface area (Å²) >= 11 is 0. The number of carbonyl (C=O) groups is 1. The molecule has 0 spiro atoms. The van der Waals surface area contributed by atoms with Crippen molar-refractivity contribution >= 4 is 17.4 Å². The summed E-state index contributed by atoms with van der Waals surface area (Å²) in [6, 6.07) is 13.5. The van der Waals surface area contributed by atoms with E-state index in [0.717, 1.165) is 24.5 Å².